The smallest absolute Gasteiger partial charge is 0.420 e. The zero-order valence-corrected chi connectivity index (χ0v) is 19.3. The molecule has 1 unspecified atom stereocenters. The van der Waals surface area contributed by atoms with Gasteiger partial charge in [-0.15, -0.1) is 0 Å². The van der Waals surface area contributed by atoms with Gasteiger partial charge in [-0.2, -0.15) is 18.3 Å². The molecule has 0 aromatic carbocycles. The fraction of sp³-hybridized carbons (Fsp3) is 0.458. The summed E-state index contributed by atoms with van der Waals surface area (Å²) < 4.78 is 60.7. The van der Waals surface area contributed by atoms with Crippen LogP contribution in [0, 0.1) is 6.92 Å². The Labute approximate surface area is 199 Å². The van der Waals surface area contributed by atoms with Crippen molar-refractivity contribution in [1.82, 2.24) is 20.1 Å². The van der Waals surface area contributed by atoms with E-state index in [1.54, 1.807) is 17.1 Å². The van der Waals surface area contributed by atoms with Gasteiger partial charge in [-0.1, -0.05) is 13.0 Å². The van der Waals surface area contributed by atoms with Crippen LogP contribution in [0.4, 0.5) is 13.2 Å². The molecule has 1 saturated heterocycles. The van der Waals surface area contributed by atoms with Gasteiger partial charge >= 0.3 is 6.18 Å². The largest absolute Gasteiger partial charge is 0.455 e. The zero-order chi connectivity index (χ0) is 24.7. The van der Waals surface area contributed by atoms with E-state index in [0.717, 1.165) is 11.3 Å². The molecule has 3 aromatic heterocycles. The number of ether oxygens (including phenoxy) is 2. The molecule has 4 heterocycles. The molecule has 11 heteroatoms. The van der Waals surface area contributed by atoms with E-state index >= 15 is 0 Å². The molecule has 35 heavy (non-hydrogen) atoms. The first-order chi connectivity index (χ1) is 16.7. The predicted octanol–water partition coefficient (Wildman–Crippen LogP) is 3.72. The Kier molecular flexibility index (Phi) is 6.14. The third-order valence-corrected chi connectivity index (χ3v) is 6.21. The maximum Gasteiger partial charge on any atom is 0.420 e. The molecule has 8 nitrogen and oxygen atoms in total. The van der Waals surface area contributed by atoms with Gasteiger partial charge in [0.05, 0.1) is 43.7 Å². The lowest BCUT2D eigenvalue weighted by molar-refractivity contribution is -0.137. The molecule has 0 bridgehead atoms. The first-order valence-corrected chi connectivity index (χ1v) is 11.4. The predicted molar refractivity (Wildman–Crippen MR) is 118 cm³/mol. The second-order valence-corrected chi connectivity index (χ2v) is 8.92. The maximum atomic E-state index is 14.3. The molecule has 1 fully saturated rings. The second-order valence-electron chi connectivity index (χ2n) is 8.92. The van der Waals surface area contributed by atoms with Crippen LogP contribution < -0.4 is 5.32 Å². The number of rotatable bonds is 5. The van der Waals surface area contributed by atoms with Gasteiger partial charge in [-0.3, -0.25) is 14.5 Å². The number of alkyl halides is 3. The Balaban J connectivity index is 1.48. The van der Waals surface area contributed by atoms with Gasteiger partial charge in [0.2, 0.25) is 5.76 Å². The summed E-state index contributed by atoms with van der Waals surface area (Å²) in [5.74, 6) is -1.71. The van der Waals surface area contributed by atoms with E-state index in [-0.39, 0.29) is 42.5 Å². The van der Waals surface area contributed by atoms with Gasteiger partial charge in [-0.05, 0) is 24.5 Å². The zero-order valence-electron chi connectivity index (χ0n) is 19.3. The molecule has 1 amide bonds. The van der Waals surface area contributed by atoms with Gasteiger partial charge in [0.25, 0.3) is 5.91 Å². The lowest BCUT2D eigenvalue weighted by atomic mass is 9.86. The number of nitrogens with zero attached hydrogens (tertiary/aromatic N) is 3. The number of nitrogens with one attached hydrogen (secondary N) is 1. The minimum atomic E-state index is -4.81. The third kappa shape index (κ3) is 4.70. The van der Waals surface area contributed by atoms with Crippen LogP contribution in [0.15, 0.2) is 28.9 Å². The van der Waals surface area contributed by atoms with Crippen LogP contribution in [0.5, 0.6) is 0 Å². The lowest BCUT2D eigenvalue weighted by Gasteiger charge is -2.22. The fourth-order valence-corrected chi connectivity index (χ4v) is 4.48. The van der Waals surface area contributed by atoms with E-state index in [1.165, 1.54) is 0 Å². The SMILES string of the molecule is Cc1ccc(Cn2cc3c(n2)-c2c(oc(C(=O)NC[C@@H]4COCCO4)c2C(F)(F)F)CC3C)cn1. The average Bonchev–Trinajstić information content (AvgIpc) is 3.41. The number of carbonyl (C=O) groups excluding carboxylic acids is 1. The van der Waals surface area contributed by atoms with Crippen LogP contribution in [-0.4, -0.2) is 53.1 Å². The molecule has 2 aliphatic rings. The van der Waals surface area contributed by atoms with Crippen LogP contribution in [0.2, 0.25) is 0 Å². The molecule has 0 spiro atoms. The molecular formula is C24H25F3N4O4. The van der Waals surface area contributed by atoms with Crippen molar-refractivity contribution in [3.05, 3.63) is 58.4 Å². The lowest BCUT2D eigenvalue weighted by Crippen LogP contribution is -2.40. The standard InChI is InChI=1S/C24H25F3N4O4/c1-13-7-18-19(21-17(13)11-31(30-21)10-15-4-3-14(2)28-8-15)20(24(25,26)27)22(35-18)23(32)29-9-16-12-33-5-6-34-16/h3-4,8,11,13,16H,5-7,9-10,12H2,1-2H3,(H,29,32)/t13?,16-/m1/s1. The number of furan rings is 1. The average molecular weight is 490 g/mol. The monoisotopic (exact) mass is 490 g/mol. The molecule has 0 saturated carbocycles. The quantitative estimate of drug-likeness (QED) is 0.586. The summed E-state index contributed by atoms with van der Waals surface area (Å²) >= 11 is 0. The van der Waals surface area contributed by atoms with Crippen molar-refractivity contribution < 1.29 is 31.9 Å². The first kappa shape index (κ1) is 23.6. The molecule has 3 aromatic rings. The highest BCUT2D eigenvalue weighted by molar-refractivity contribution is 5.96. The van der Waals surface area contributed by atoms with Crippen molar-refractivity contribution in [3.8, 4) is 11.3 Å². The van der Waals surface area contributed by atoms with Crippen molar-refractivity contribution in [1.29, 1.82) is 0 Å². The minimum Gasteiger partial charge on any atom is -0.455 e. The van der Waals surface area contributed by atoms with E-state index in [1.807, 2.05) is 26.0 Å². The normalized spacial score (nSPS) is 19.8. The number of aryl methyl sites for hydroxylation is 1. The van der Waals surface area contributed by atoms with Gasteiger partial charge in [-0.25, -0.2) is 0 Å². The Bertz CT molecular complexity index is 1230. The van der Waals surface area contributed by atoms with Gasteiger partial charge < -0.3 is 19.2 Å². The Hall–Kier alpha value is -3.18. The summed E-state index contributed by atoms with van der Waals surface area (Å²) in [6.45, 7) is 5.22. The van der Waals surface area contributed by atoms with E-state index in [4.69, 9.17) is 13.9 Å². The van der Waals surface area contributed by atoms with Crippen molar-refractivity contribution in [2.75, 3.05) is 26.4 Å². The van der Waals surface area contributed by atoms with Crippen LogP contribution in [-0.2, 0) is 28.6 Å². The highest BCUT2D eigenvalue weighted by atomic mass is 19.4. The van der Waals surface area contributed by atoms with Gasteiger partial charge in [0.1, 0.15) is 11.3 Å². The number of halogens is 3. The van der Waals surface area contributed by atoms with E-state index in [2.05, 4.69) is 15.4 Å². The van der Waals surface area contributed by atoms with E-state index < -0.39 is 29.5 Å². The summed E-state index contributed by atoms with van der Waals surface area (Å²) in [7, 11) is 0. The number of amides is 1. The topological polar surface area (TPSA) is 91.4 Å². The number of fused-ring (bicyclic) bond motifs is 3. The summed E-state index contributed by atoms with van der Waals surface area (Å²) in [6.07, 6.45) is -1.53. The second kappa shape index (κ2) is 9.12. The summed E-state index contributed by atoms with van der Waals surface area (Å²) in [5.41, 5.74) is 1.37. The summed E-state index contributed by atoms with van der Waals surface area (Å²) in [4.78, 5) is 17.1. The highest BCUT2D eigenvalue weighted by Crippen LogP contribution is 2.48. The van der Waals surface area contributed by atoms with Crippen LogP contribution in [0.3, 0.4) is 0 Å². The number of hydrogen-bond acceptors (Lipinski definition) is 6. The van der Waals surface area contributed by atoms with Crippen molar-refractivity contribution in [3.63, 3.8) is 0 Å². The van der Waals surface area contributed by atoms with Crippen molar-refractivity contribution in [2.24, 2.45) is 0 Å². The maximum absolute atomic E-state index is 14.3. The van der Waals surface area contributed by atoms with Crippen molar-refractivity contribution in [2.45, 2.75) is 45.0 Å². The summed E-state index contributed by atoms with van der Waals surface area (Å²) in [5, 5.41) is 6.98. The van der Waals surface area contributed by atoms with Crippen LogP contribution >= 0.6 is 0 Å². The molecule has 1 aliphatic carbocycles. The Morgan fingerprint density at radius 2 is 2.11 bits per heavy atom. The van der Waals surface area contributed by atoms with Crippen molar-refractivity contribution >= 4 is 5.91 Å². The number of aromatic nitrogens is 3. The molecule has 1 aliphatic heterocycles. The highest BCUT2D eigenvalue weighted by Gasteiger charge is 2.46. The molecule has 1 N–H and O–H groups in total. The van der Waals surface area contributed by atoms with Gasteiger partial charge in [0.15, 0.2) is 0 Å². The number of pyridine rings is 1. The minimum absolute atomic E-state index is 0.0162. The fourth-order valence-electron chi connectivity index (χ4n) is 4.48. The molecular weight excluding hydrogens is 465 g/mol. The number of hydrogen-bond donors (Lipinski definition) is 1. The van der Waals surface area contributed by atoms with Crippen LogP contribution in [0.1, 0.15) is 51.5 Å². The number of carbonyl (C=O) groups is 1. The molecule has 5 rings (SSSR count). The van der Waals surface area contributed by atoms with E-state index in [0.29, 0.717) is 25.3 Å². The van der Waals surface area contributed by atoms with E-state index in [9.17, 15) is 18.0 Å². The molecule has 0 radical (unpaired) electrons. The Morgan fingerprint density at radius 1 is 1.29 bits per heavy atom. The first-order valence-electron chi connectivity index (χ1n) is 11.4. The third-order valence-electron chi connectivity index (χ3n) is 6.21. The molecule has 186 valence electrons. The van der Waals surface area contributed by atoms with Gasteiger partial charge in [0, 0.05) is 36.6 Å². The Morgan fingerprint density at radius 3 is 2.80 bits per heavy atom. The summed E-state index contributed by atoms with van der Waals surface area (Å²) in [6, 6.07) is 3.77. The molecule has 2 atom stereocenters. The van der Waals surface area contributed by atoms with Crippen LogP contribution in [0.25, 0.3) is 11.3 Å².